The minimum atomic E-state index is -1.21. The van der Waals surface area contributed by atoms with Crippen molar-refractivity contribution < 1.29 is 9.90 Å². The van der Waals surface area contributed by atoms with Crippen molar-refractivity contribution >= 4 is 11.9 Å². The zero-order chi connectivity index (χ0) is 7.28. The molecule has 52 valence electrons. The third-order valence-corrected chi connectivity index (χ3v) is 0.655. The monoisotopic (exact) mass is 130 g/mol. The molecule has 0 spiro atoms. The van der Waals surface area contributed by atoms with Gasteiger partial charge in [-0.15, -0.1) is 0 Å². The summed E-state index contributed by atoms with van der Waals surface area (Å²) in [5.41, 5.74) is 5.07. The number of aliphatic carboxylic acids is 1. The molecule has 0 rings (SSSR count). The van der Waals surface area contributed by atoms with E-state index in [0.29, 0.717) is 0 Å². The standard InChI is InChI=1S/C4H9N3O2/c1-6-4(5)7-2-3(8)9/h2H2,1H3,(H,8,9)(H3,5,6,7)/p-1. The van der Waals surface area contributed by atoms with E-state index >= 15 is 0 Å². The number of nitrogens with zero attached hydrogens (tertiary/aromatic N) is 1. The first-order chi connectivity index (χ1) is 4.16. The van der Waals surface area contributed by atoms with Gasteiger partial charge in [0.1, 0.15) is 0 Å². The summed E-state index contributed by atoms with van der Waals surface area (Å²) in [6.45, 7) is -0.302. The van der Waals surface area contributed by atoms with E-state index in [2.05, 4.69) is 10.3 Å². The maximum absolute atomic E-state index is 9.74. The van der Waals surface area contributed by atoms with E-state index in [1.165, 1.54) is 7.05 Å². The predicted octanol–water partition coefficient (Wildman–Crippen LogP) is -2.73. The first kappa shape index (κ1) is 7.74. The van der Waals surface area contributed by atoms with Gasteiger partial charge in [-0.05, 0) is 0 Å². The molecule has 5 nitrogen and oxygen atoms in total. The highest BCUT2D eigenvalue weighted by atomic mass is 16.4. The van der Waals surface area contributed by atoms with Gasteiger partial charge in [-0.1, -0.05) is 0 Å². The topological polar surface area (TPSA) is 90.5 Å². The summed E-state index contributed by atoms with van der Waals surface area (Å²) in [5, 5.41) is 12.0. The smallest absolute Gasteiger partial charge is 0.188 e. The van der Waals surface area contributed by atoms with Gasteiger partial charge in [0.15, 0.2) is 5.96 Å². The molecule has 0 bridgehead atoms. The van der Waals surface area contributed by atoms with Crippen LogP contribution in [0.3, 0.4) is 0 Å². The van der Waals surface area contributed by atoms with Gasteiger partial charge in [-0.2, -0.15) is 0 Å². The van der Waals surface area contributed by atoms with Crippen LogP contribution in [0.2, 0.25) is 0 Å². The number of guanidine groups is 1. The number of rotatable bonds is 2. The molecule has 0 atom stereocenters. The van der Waals surface area contributed by atoms with Crippen LogP contribution in [0.15, 0.2) is 4.99 Å². The van der Waals surface area contributed by atoms with E-state index < -0.39 is 5.97 Å². The van der Waals surface area contributed by atoms with Crippen molar-refractivity contribution in [2.24, 2.45) is 10.7 Å². The summed E-state index contributed by atoms with van der Waals surface area (Å²) in [6.07, 6.45) is 0. The molecule has 0 aromatic rings. The molecule has 0 aliphatic rings. The maximum atomic E-state index is 9.74. The lowest BCUT2D eigenvalue weighted by atomic mass is 10.6. The lowest BCUT2D eigenvalue weighted by Crippen LogP contribution is -2.41. The molecule has 0 saturated heterocycles. The summed E-state index contributed by atoms with van der Waals surface area (Å²) in [4.78, 5) is 13.2. The van der Waals surface area contributed by atoms with Crippen LogP contribution >= 0.6 is 0 Å². The van der Waals surface area contributed by atoms with Gasteiger partial charge < -0.3 is 21.0 Å². The van der Waals surface area contributed by atoms with Crippen LogP contribution in [-0.2, 0) is 4.79 Å². The zero-order valence-electron chi connectivity index (χ0n) is 5.05. The number of nitrogens with one attached hydrogen (secondary N) is 1. The van der Waals surface area contributed by atoms with Gasteiger partial charge in [0.2, 0.25) is 0 Å². The quantitative estimate of drug-likeness (QED) is 0.313. The van der Waals surface area contributed by atoms with E-state index in [1.54, 1.807) is 0 Å². The van der Waals surface area contributed by atoms with Crippen molar-refractivity contribution in [1.82, 2.24) is 5.32 Å². The first-order valence-corrected chi connectivity index (χ1v) is 2.32. The van der Waals surface area contributed by atoms with Gasteiger partial charge >= 0.3 is 0 Å². The first-order valence-electron chi connectivity index (χ1n) is 2.32. The van der Waals surface area contributed by atoms with Crippen LogP contribution in [0, 0.1) is 0 Å². The van der Waals surface area contributed by atoms with Crippen LogP contribution < -0.4 is 16.2 Å². The summed E-state index contributed by atoms with van der Waals surface area (Å²) < 4.78 is 0. The number of aliphatic imine (C=N–C) groups is 1. The minimum Gasteiger partial charge on any atom is -0.548 e. The molecule has 3 N–H and O–H groups in total. The van der Waals surface area contributed by atoms with Crippen LogP contribution in [0.4, 0.5) is 0 Å². The Morgan fingerprint density at radius 2 is 2.44 bits per heavy atom. The number of carboxylic acids is 1. The van der Waals surface area contributed by atoms with Crippen molar-refractivity contribution in [2.75, 3.05) is 13.6 Å². The molecule has 0 unspecified atom stereocenters. The highest BCUT2D eigenvalue weighted by Crippen LogP contribution is 1.57. The van der Waals surface area contributed by atoms with Crippen LogP contribution in [0.25, 0.3) is 0 Å². The van der Waals surface area contributed by atoms with Crippen molar-refractivity contribution in [1.29, 1.82) is 0 Å². The molecular formula is C4H8N3O2-. The van der Waals surface area contributed by atoms with Gasteiger partial charge in [0.05, 0.1) is 12.5 Å². The van der Waals surface area contributed by atoms with E-state index in [9.17, 15) is 9.90 Å². The third-order valence-electron chi connectivity index (χ3n) is 0.655. The van der Waals surface area contributed by atoms with Crippen molar-refractivity contribution in [3.8, 4) is 0 Å². The van der Waals surface area contributed by atoms with Crippen molar-refractivity contribution in [2.45, 2.75) is 0 Å². The molecule has 9 heavy (non-hydrogen) atoms. The number of hydrogen-bond donors (Lipinski definition) is 2. The summed E-state index contributed by atoms with van der Waals surface area (Å²) in [6, 6.07) is 0. The lowest BCUT2D eigenvalue weighted by molar-refractivity contribution is -0.303. The van der Waals surface area contributed by atoms with Gasteiger partial charge in [-0.3, -0.25) is 4.99 Å². The summed E-state index contributed by atoms with van der Waals surface area (Å²) in [5.74, 6) is -1.11. The van der Waals surface area contributed by atoms with Crippen molar-refractivity contribution in [3.63, 3.8) is 0 Å². The fourth-order valence-electron chi connectivity index (χ4n) is 0.242. The number of carbonyl (C=O) groups excluding carboxylic acids is 1. The van der Waals surface area contributed by atoms with Gasteiger partial charge in [0.25, 0.3) is 0 Å². The Balaban J connectivity index is 3.39. The number of nitrogens with two attached hydrogens (primary N) is 1. The average molecular weight is 130 g/mol. The Labute approximate surface area is 52.6 Å². The molecular weight excluding hydrogens is 122 g/mol. The van der Waals surface area contributed by atoms with Gasteiger partial charge in [0, 0.05) is 7.05 Å². The Morgan fingerprint density at radius 3 is 2.78 bits per heavy atom. The molecule has 0 radical (unpaired) electrons. The van der Waals surface area contributed by atoms with E-state index in [-0.39, 0.29) is 12.5 Å². The third kappa shape index (κ3) is 4.60. The Morgan fingerprint density at radius 1 is 1.89 bits per heavy atom. The van der Waals surface area contributed by atoms with E-state index in [0.717, 1.165) is 0 Å². The summed E-state index contributed by atoms with van der Waals surface area (Å²) in [7, 11) is 1.46. The molecule has 0 saturated carbocycles. The number of carboxylic acid groups (broad SMARTS) is 1. The highest BCUT2D eigenvalue weighted by Gasteiger charge is 1.85. The van der Waals surface area contributed by atoms with Crippen LogP contribution in [-0.4, -0.2) is 25.5 Å². The minimum absolute atomic E-state index is 0.0965. The Kier molecular flexibility index (Phi) is 3.19. The second kappa shape index (κ2) is 3.71. The number of hydrogen-bond acceptors (Lipinski definition) is 3. The van der Waals surface area contributed by atoms with E-state index in [4.69, 9.17) is 5.73 Å². The molecule has 5 heteroatoms. The van der Waals surface area contributed by atoms with E-state index in [1.807, 2.05) is 0 Å². The molecule has 0 amide bonds. The molecule has 0 aromatic heterocycles. The Hall–Kier alpha value is -1.26. The van der Waals surface area contributed by atoms with Crippen molar-refractivity contribution in [3.05, 3.63) is 0 Å². The largest absolute Gasteiger partial charge is 0.548 e. The predicted molar refractivity (Wildman–Crippen MR) is 30.6 cm³/mol. The maximum Gasteiger partial charge on any atom is 0.188 e. The second-order valence-corrected chi connectivity index (χ2v) is 1.33. The number of carbonyl (C=O) groups is 1. The average Bonchev–Trinajstić information content (AvgIpc) is 1.83. The molecule has 0 fully saturated rings. The fourth-order valence-corrected chi connectivity index (χ4v) is 0.242. The zero-order valence-corrected chi connectivity index (χ0v) is 5.05. The molecule has 0 aromatic carbocycles. The Bertz CT molecular complexity index is 132. The van der Waals surface area contributed by atoms with Crippen LogP contribution in [0.5, 0.6) is 0 Å². The molecule has 0 aliphatic heterocycles. The SMILES string of the molecule is CN=C(N)NCC(=O)[O-]. The lowest BCUT2D eigenvalue weighted by Gasteiger charge is -2.03. The van der Waals surface area contributed by atoms with Crippen LogP contribution in [0.1, 0.15) is 0 Å². The van der Waals surface area contributed by atoms with Gasteiger partial charge in [-0.25, -0.2) is 0 Å². The highest BCUT2D eigenvalue weighted by molar-refractivity contribution is 5.81. The molecule has 0 heterocycles. The summed E-state index contributed by atoms with van der Waals surface area (Å²) >= 11 is 0. The second-order valence-electron chi connectivity index (χ2n) is 1.33. The fraction of sp³-hybridized carbons (Fsp3) is 0.500. The normalized spacial score (nSPS) is 11.0. The molecule has 0 aliphatic carbocycles.